The van der Waals surface area contributed by atoms with Gasteiger partial charge in [0.05, 0.1) is 6.54 Å². The van der Waals surface area contributed by atoms with Crippen LogP contribution in [0.2, 0.25) is 0 Å². The van der Waals surface area contributed by atoms with E-state index < -0.39 is 0 Å². The fourth-order valence-electron chi connectivity index (χ4n) is 2.90. The molecule has 26 heavy (non-hydrogen) atoms. The van der Waals surface area contributed by atoms with Gasteiger partial charge in [0.25, 0.3) is 0 Å². The van der Waals surface area contributed by atoms with Gasteiger partial charge in [-0.25, -0.2) is 4.98 Å². The summed E-state index contributed by atoms with van der Waals surface area (Å²) in [5.74, 6) is 2.12. The highest BCUT2D eigenvalue weighted by Gasteiger charge is 2.13. The molecule has 0 amide bonds. The highest BCUT2D eigenvalue weighted by molar-refractivity contribution is 5.57. The van der Waals surface area contributed by atoms with Crippen LogP contribution in [0.5, 0.6) is 0 Å². The van der Waals surface area contributed by atoms with Crippen LogP contribution in [0.25, 0.3) is 22.8 Å². The second kappa shape index (κ2) is 6.95. The quantitative estimate of drug-likeness (QED) is 0.576. The molecule has 1 N–H and O–H groups in total. The average Bonchev–Trinajstić information content (AvgIpc) is 3.36. The van der Waals surface area contributed by atoms with Gasteiger partial charge in [-0.1, -0.05) is 19.0 Å². The van der Waals surface area contributed by atoms with Gasteiger partial charge in [0, 0.05) is 42.1 Å². The lowest BCUT2D eigenvalue weighted by molar-refractivity contribution is 0.378. The van der Waals surface area contributed by atoms with Crippen molar-refractivity contribution in [2.45, 2.75) is 26.8 Å². The molecule has 0 aliphatic heterocycles. The van der Waals surface area contributed by atoms with Crippen molar-refractivity contribution in [1.82, 2.24) is 29.9 Å². The molecule has 0 saturated carbocycles. The van der Waals surface area contributed by atoms with Crippen LogP contribution in [-0.2, 0) is 13.0 Å². The van der Waals surface area contributed by atoms with Crippen molar-refractivity contribution >= 4 is 0 Å². The summed E-state index contributed by atoms with van der Waals surface area (Å²) in [6, 6.07) is 7.82. The highest BCUT2D eigenvalue weighted by Crippen LogP contribution is 2.21. The molecule has 0 saturated heterocycles. The lowest BCUT2D eigenvalue weighted by atomic mass is 10.1. The summed E-state index contributed by atoms with van der Waals surface area (Å²) in [6.07, 6.45) is 8.15. The summed E-state index contributed by atoms with van der Waals surface area (Å²) >= 11 is 0. The number of aromatic amines is 1. The lowest BCUT2D eigenvalue weighted by Gasteiger charge is -2.02. The van der Waals surface area contributed by atoms with E-state index in [9.17, 15) is 0 Å². The molecule has 4 rings (SSSR count). The number of imidazole rings is 1. The van der Waals surface area contributed by atoms with Crippen LogP contribution in [0.4, 0.5) is 0 Å². The van der Waals surface area contributed by atoms with Crippen LogP contribution < -0.4 is 0 Å². The van der Waals surface area contributed by atoms with E-state index in [1.807, 2.05) is 29.0 Å². The fourth-order valence-corrected chi connectivity index (χ4v) is 2.90. The molecule has 0 fully saturated rings. The topological polar surface area (TPSA) is 85.4 Å². The zero-order valence-electron chi connectivity index (χ0n) is 14.8. The minimum absolute atomic E-state index is 0.537. The number of hydrogen-bond donors (Lipinski definition) is 1. The number of rotatable bonds is 6. The first-order valence-corrected chi connectivity index (χ1v) is 8.61. The SMILES string of the molecule is CC(C)Cc1cc(-c2nccn2Cc2cc(-c3cccnc3)no2)n[nH]1. The Balaban J connectivity index is 1.55. The Morgan fingerprint density at radius 2 is 2.12 bits per heavy atom. The number of nitrogens with one attached hydrogen (secondary N) is 1. The van der Waals surface area contributed by atoms with Crippen molar-refractivity contribution in [3.8, 4) is 22.8 Å². The van der Waals surface area contributed by atoms with E-state index in [0.29, 0.717) is 12.5 Å². The predicted octanol–water partition coefficient (Wildman–Crippen LogP) is 3.57. The molecular weight excluding hydrogens is 328 g/mol. The van der Waals surface area contributed by atoms with Gasteiger partial charge in [-0.3, -0.25) is 10.1 Å². The molecule has 0 spiro atoms. The van der Waals surface area contributed by atoms with Crippen LogP contribution in [0.3, 0.4) is 0 Å². The van der Waals surface area contributed by atoms with E-state index in [0.717, 1.165) is 40.7 Å². The summed E-state index contributed by atoms with van der Waals surface area (Å²) in [5.41, 5.74) is 3.65. The molecule has 0 aliphatic carbocycles. The summed E-state index contributed by atoms with van der Waals surface area (Å²) < 4.78 is 7.49. The van der Waals surface area contributed by atoms with E-state index in [1.165, 1.54) is 0 Å². The Kier molecular flexibility index (Phi) is 4.35. The van der Waals surface area contributed by atoms with Gasteiger partial charge in [0.2, 0.25) is 0 Å². The number of aromatic nitrogens is 6. The normalized spacial score (nSPS) is 11.3. The molecule has 132 valence electrons. The van der Waals surface area contributed by atoms with E-state index in [2.05, 4.69) is 45.2 Å². The van der Waals surface area contributed by atoms with E-state index in [-0.39, 0.29) is 0 Å². The number of pyridine rings is 1. The molecule has 0 bridgehead atoms. The molecule has 0 unspecified atom stereocenters. The van der Waals surface area contributed by atoms with Crippen LogP contribution in [0, 0.1) is 5.92 Å². The molecule has 7 heteroatoms. The van der Waals surface area contributed by atoms with Crippen molar-refractivity contribution in [3.63, 3.8) is 0 Å². The molecule has 4 aromatic rings. The van der Waals surface area contributed by atoms with E-state index in [1.54, 1.807) is 18.6 Å². The van der Waals surface area contributed by atoms with Gasteiger partial charge in [-0.2, -0.15) is 5.10 Å². The lowest BCUT2D eigenvalue weighted by Crippen LogP contribution is -2.00. The van der Waals surface area contributed by atoms with E-state index >= 15 is 0 Å². The van der Waals surface area contributed by atoms with Crippen LogP contribution in [0.15, 0.2) is 53.6 Å². The first kappa shape index (κ1) is 16.3. The predicted molar refractivity (Wildman–Crippen MR) is 97.2 cm³/mol. The fraction of sp³-hybridized carbons (Fsp3) is 0.263. The molecule has 0 aromatic carbocycles. The van der Waals surface area contributed by atoms with Crippen LogP contribution >= 0.6 is 0 Å². The summed E-state index contributed by atoms with van der Waals surface area (Å²) in [4.78, 5) is 8.56. The van der Waals surface area contributed by atoms with Gasteiger partial charge in [-0.05, 0) is 30.5 Å². The van der Waals surface area contributed by atoms with Gasteiger partial charge < -0.3 is 9.09 Å². The zero-order valence-corrected chi connectivity index (χ0v) is 14.8. The maximum absolute atomic E-state index is 5.49. The number of hydrogen-bond acceptors (Lipinski definition) is 5. The minimum Gasteiger partial charge on any atom is -0.359 e. The molecular formula is C19H20N6O. The minimum atomic E-state index is 0.537. The first-order chi connectivity index (χ1) is 12.7. The zero-order chi connectivity index (χ0) is 17.9. The monoisotopic (exact) mass is 348 g/mol. The summed E-state index contributed by atoms with van der Waals surface area (Å²) in [7, 11) is 0. The average molecular weight is 348 g/mol. The standard InChI is InChI=1S/C19H20N6O/c1-13(2)8-15-9-18(23-22-15)19-21-6-7-25(19)12-16-10-17(24-26-16)14-4-3-5-20-11-14/h3-7,9-11,13H,8,12H2,1-2H3,(H,22,23). The Labute approximate surface area is 151 Å². The Bertz CT molecular complexity index is 982. The van der Waals surface area contributed by atoms with Gasteiger partial charge in [-0.15, -0.1) is 0 Å². The van der Waals surface area contributed by atoms with Crippen molar-refractivity contribution < 1.29 is 4.52 Å². The first-order valence-electron chi connectivity index (χ1n) is 8.61. The third kappa shape index (κ3) is 3.42. The number of nitrogens with zero attached hydrogens (tertiary/aromatic N) is 5. The maximum atomic E-state index is 5.49. The van der Waals surface area contributed by atoms with Crippen molar-refractivity contribution in [2.75, 3.05) is 0 Å². The Morgan fingerprint density at radius 1 is 1.19 bits per heavy atom. The summed E-state index contributed by atoms with van der Waals surface area (Å²) in [5, 5.41) is 11.6. The molecule has 0 atom stereocenters. The molecule has 4 aromatic heterocycles. The van der Waals surface area contributed by atoms with Crippen LogP contribution in [0.1, 0.15) is 25.3 Å². The highest BCUT2D eigenvalue weighted by atomic mass is 16.5. The van der Waals surface area contributed by atoms with Crippen molar-refractivity contribution in [2.24, 2.45) is 5.92 Å². The molecule has 0 aliphatic rings. The molecule has 7 nitrogen and oxygen atoms in total. The van der Waals surface area contributed by atoms with E-state index in [4.69, 9.17) is 4.52 Å². The second-order valence-corrected chi connectivity index (χ2v) is 6.68. The third-order valence-corrected chi connectivity index (χ3v) is 4.05. The smallest absolute Gasteiger partial charge is 0.160 e. The third-order valence-electron chi connectivity index (χ3n) is 4.05. The number of H-pyrrole nitrogens is 1. The molecule has 4 heterocycles. The van der Waals surface area contributed by atoms with Crippen molar-refractivity contribution in [1.29, 1.82) is 0 Å². The summed E-state index contributed by atoms with van der Waals surface area (Å²) in [6.45, 7) is 4.91. The molecule has 0 radical (unpaired) electrons. The second-order valence-electron chi connectivity index (χ2n) is 6.68. The van der Waals surface area contributed by atoms with Gasteiger partial charge in [0.15, 0.2) is 11.6 Å². The Morgan fingerprint density at radius 3 is 2.92 bits per heavy atom. The van der Waals surface area contributed by atoms with Gasteiger partial charge >= 0.3 is 0 Å². The van der Waals surface area contributed by atoms with Gasteiger partial charge in [0.1, 0.15) is 11.4 Å². The largest absolute Gasteiger partial charge is 0.359 e. The maximum Gasteiger partial charge on any atom is 0.160 e. The van der Waals surface area contributed by atoms with Crippen LogP contribution in [-0.4, -0.2) is 29.9 Å². The van der Waals surface area contributed by atoms with Crippen molar-refractivity contribution in [3.05, 3.63) is 60.5 Å². The Hall–Kier alpha value is -3.22.